The van der Waals surface area contributed by atoms with Crippen molar-refractivity contribution < 1.29 is 19.4 Å². The number of anilines is 1. The number of carbonyl (C=O) groups is 2. The molecule has 0 saturated carbocycles. The van der Waals surface area contributed by atoms with Crippen LogP contribution in [-0.4, -0.2) is 75.6 Å². The molecule has 9 nitrogen and oxygen atoms in total. The van der Waals surface area contributed by atoms with Crippen molar-refractivity contribution in [1.29, 1.82) is 0 Å². The minimum atomic E-state index is -0.323. The van der Waals surface area contributed by atoms with Gasteiger partial charge in [-0.3, -0.25) is 24.5 Å². The molecular weight excluding hydrogens is 482 g/mol. The highest BCUT2D eigenvalue weighted by atomic mass is 16.5. The number of likely N-dealkylation sites (N-methyl/N-ethyl adjacent to an activating group) is 1. The summed E-state index contributed by atoms with van der Waals surface area (Å²) in [6.07, 6.45) is 6.58. The Kier molecular flexibility index (Phi) is 9.04. The Morgan fingerprint density at radius 1 is 1.16 bits per heavy atom. The predicted octanol–water partition coefficient (Wildman–Crippen LogP) is 3.01. The number of pyridine rings is 2. The lowest BCUT2D eigenvalue weighted by Gasteiger charge is -2.34. The Labute approximate surface area is 223 Å². The highest BCUT2D eigenvalue weighted by molar-refractivity contribution is 6.04. The summed E-state index contributed by atoms with van der Waals surface area (Å²) in [6.45, 7) is 5.63. The highest BCUT2D eigenvalue weighted by Gasteiger charge is 2.31. The number of carbonyl (C=O) groups excluding carboxylic acids is 2. The largest absolute Gasteiger partial charge is 0.488 e. The van der Waals surface area contributed by atoms with Crippen LogP contribution in [0, 0.1) is 5.92 Å². The lowest BCUT2D eigenvalue weighted by atomic mass is 10.0. The molecule has 1 aliphatic rings. The zero-order valence-corrected chi connectivity index (χ0v) is 22.1. The van der Waals surface area contributed by atoms with Gasteiger partial charge in [-0.2, -0.15) is 0 Å². The van der Waals surface area contributed by atoms with E-state index in [9.17, 15) is 14.7 Å². The molecule has 0 spiro atoms. The summed E-state index contributed by atoms with van der Waals surface area (Å²) in [7, 11) is 2.04. The van der Waals surface area contributed by atoms with E-state index in [0.29, 0.717) is 35.7 Å². The van der Waals surface area contributed by atoms with Crippen molar-refractivity contribution in [2.24, 2.45) is 5.92 Å². The van der Waals surface area contributed by atoms with Crippen molar-refractivity contribution in [1.82, 2.24) is 19.8 Å². The average molecular weight is 518 g/mol. The van der Waals surface area contributed by atoms with Crippen LogP contribution >= 0.6 is 0 Å². The zero-order valence-electron chi connectivity index (χ0n) is 22.1. The number of fused-ring (bicyclic) bond motifs is 1. The van der Waals surface area contributed by atoms with E-state index in [4.69, 9.17) is 4.74 Å². The van der Waals surface area contributed by atoms with E-state index in [0.717, 1.165) is 12.1 Å². The van der Waals surface area contributed by atoms with Crippen LogP contribution in [0.4, 0.5) is 5.69 Å². The number of aliphatic hydroxyl groups is 1. The molecule has 9 heteroatoms. The van der Waals surface area contributed by atoms with E-state index in [2.05, 4.69) is 27.1 Å². The molecule has 0 bridgehead atoms. The van der Waals surface area contributed by atoms with Gasteiger partial charge >= 0.3 is 0 Å². The van der Waals surface area contributed by atoms with E-state index < -0.39 is 0 Å². The van der Waals surface area contributed by atoms with E-state index >= 15 is 0 Å². The molecule has 3 heterocycles. The number of hydrogen-bond acceptors (Lipinski definition) is 7. The molecular formula is C29H35N5O4. The summed E-state index contributed by atoms with van der Waals surface area (Å²) in [5.74, 6) is 0.270. The van der Waals surface area contributed by atoms with Crippen molar-refractivity contribution in [3.05, 3.63) is 83.9 Å². The summed E-state index contributed by atoms with van der Waals surface area (Å²) in [5.41, 5.74) is 2.90. The Balaban J connectivity index is 1.60. The quantitative estimate of drug-likeness (QED) is 0.473. The molecule has 1 aliphatic heterocycles. The molecule has 2 N–H and O–H groups in total. The van der Waals surface area contributed by atoms with Gasteiger partial charge in [-0.15, -0.1) is 0 Å². The van der Waals surface area contributed by atoms with E-state index in [1.54, 1.807) is 54.0 Å². The molecule has 1 aromatic carbocycles. The number of aromatic nitrogens is 2. The third-order valence-electron chi connectivity index (χ3n) is 6.81. The number of nitrogens with zero attached hydrogens (tertiary/aromatic N) is 4. The van der Waals surface area contributed by atoms with Gasteiger partial charge in [-0.1, -0.05) is 6.92 Å². The van der Waals surface area contributed by atoms with Gasteiger partial charge in [0.1, 0.15) is 11.9 Å². The van der Waals surface area contributed by atoms with E-state index in [1.807, 2.05) is 32.2 Å². The van der Waals surface area contributed by atoms with Gasteiger partial charge in [0, 0.05) is 67.2 Å². The summed E-state index contributed by atoms with van der Waals surface area (Å²) < 4.78 is 6.58. The van der Waals surface area contributed by atoms with Gasteiger partial charge in [0.25, 0.3) is 5.91 Å². The molecule has 2 amide bonds. The van der Waals surface area contributed by atoms with Crippen molar-refractivity contribution in [2.75, 3.05) is 32.1 Å². The predicted molar refractivity (Wildman–Crippen MR) is 145 cm³/mol. The van der Waals surface area contributed by atoms with Crippen molar-refractivity contribution >= 4 is 17.5 Å². The molecule has 3 aromatic rings. The molecule has 2 aromatic heterocycles. The monoisotopic (exact) mass is 517 g/mol. The maximum atomic E-state index is 13.4. The standard InChI is InChI=1S/C29H35N5O4/c1-20-16-34(21(2)19-35)28(36)15-24-14-25(32-29(37)23-8-12-31-13-9-23)4-5-26(24)38-27(20)18-33(3)17-22-6-10-30-11-7-22/h4-14,20-21,27,35H,15-19H2,1-3H3,(H,32,37)/t20-,21-,27+/m1/s1. The van der Waals surface area contributed by atoms with Gasteiger partial charge in [0.05, 0.1) is 19.1 Å². The smallest absolute Gasteiger partial charge is 0.255 e. The maximum Gasteiger partial charge on any atom is 0.255 e. The number of nitrogens with one attached hydrogen (secondary N) is 1. The van der Waals surface area contributed by atoms with Crippen molar-refractivity contribution in [3.8, 4) is 5.75 Å². The molecule has 0 unspecified atom stereocenters. The Bertz CT molecular complexity index is 1220. The van der Waals surface area contributed by atoms with Crippen LogP contribution in [0.2, 0.25) is 0 Å². The molecule has 4 rings (SSSR count). The van der Waals surface area contributed by atoms with Gasteiger partial charge in [-0.25, -0.2) is 0 Å². The van der Waals surface area contributed by atoms with E-state index in [-0.39, 0.29) is 42.9 Å². The molecule has 0 fully saturated rings. The number of benzene rings is 1. The van der Waals surface area contributed by atoms with Crippen LogP contribution < -0.4 is 10.1 Å². The first-order valence-corrected chi connectivity index (χ1v) is 12.8. The van der Waals surface area contributed by atoms with Gasteiger partial charge in [0.2, 0.25) is 5.91 Å². The first-order chi connectivity index (χ1) is 18.3. The van der Waals surface area contributed by atoms with Crippen molar-refractivity contribution in [3.63, 3.8) is 0 Å². The Morgan fingerprint density at radius 2 is 1.84 bits per heavy atom. The van der Waals surface area contributed by atoms with Gasteiger partial charge in [0.15, 0.2) is 0 Å². The average Bonchev–Trinajstić information content (AvgIpc) is 2.97. The summed E-state index contributed by atoms with van der Waals surface area (Å²) in [5, 5.41) is 12.8. The maximum absolute atomic E-state index is 13.4. The normalized spacial score (nSPS) is 18.6. The second-order valence-corrected chi connectivity index (χ2v) is 9.95. The number of aliphatic hydroxyl groups excluding tert-OH is 1. The molecule has 0 radical (unpaired) electrons. The van der Waals surface area contributed by atoms with Crippen LogP contribution in [0.1, 0.15) is 35.3 Å². The highest BCUT2D eigenvalue weighted by Crippen LogP contribution is 2.29. The van der Waals surface area contributed by atoms with Gasteiger partial charge < -0.3 is 20.1 Å². The third kappa shape index (κ3) is 6.93. The fourth-order valence-electron chi connectivity index (χ4n) is 4.60. The second kappa shape index (κ2) is 12.6. The van der Waals surface area contributed by atoms with Crippen LogP contribution in [0.3, 0.4) is 0 Å². The number of hydrogen-bond donors (Lipinski definition) is 2. The van der Waals surface area contributed by atoms with Crippen LogP contribution in [0.15, 0.2) is 67.3 Å². The lowest BCUT2D eigenvalue weighted by molar-refractivity contribution is -0.134. The third-order valence-corrected chi connectivity index (χ3v) is 6.81. The molecule has 0 saturated heterocycles. The first kappa shape index (κ1) is 27.2. The van der Waals surface area contributed by atoms with Crippen LogP contribution in [0.25, 0.3) is 0 Å². The fraction of sp³-hybridized carbons (Fsp3) is 0.379. The van der Waals surface area contributed by atoms with Gasteiger partial charge in [-0.05, 0) is 62.0 Å². The topological polar surface area (TPSA) is 108 Å². The Hall–Kier alpha value is -3.82. The van der Waals surface area contributed by atoms with E-state index in [1.165, 1.54) is 0 Å². The minimum Gasteiger partial charge on any atom is -0.488 e. The summed E-state index contributed by atoms with van der Waals surface area (Å²) >= 11 is 0. The van der Waals surface area contributed by atoms with Crippen molar-refractivity contribution in [2.45, 2.75) is 39.0 Å². The molecule has 38 heavy (non-hydrogen) atoms. The minimum absolute atomic E-state index is 0.00450. The number of rotatable bonds is 8. The SMILES string of the molecule is C[C@@H]1CN([C@H](C)CO)C(=O)Cc2cc(NC(=O)c3ccncc3)ccc2O[C@H]1CN(C)Cc1ccncc1. The molecule has 3 atom stereocenters. The fourth-order valence-corrected chi connectivity index (χ4v) is 4.60. The second-order valence-electron chi connectivity index (χ2n) is 9.95. The molecule has 0 aliphatic carbocycles. The Morgan fingerprint density at radius 3 is 2.53 bits per heavy atom. The summed E-state index contributed by atoms with van der Waals surface area (Å²) in [4.78, 5) is 38.1. The summed E-state index contributed by atoms with van der Waals surface area (Å²) in [6, 6.07) is 12.3. The first-order valence-electron chi connectivity index (χ1n) is 12.8. The van der Waals surface area contributed by atoms with Crippen LogP contribution in [-0.2, 0) is 17.8 Å². The number of ether oxygens (including phenoxy) is 1. The van der Waals surface area contributed by atoms with Crippen LogP contribution in [0.5, 0.6) is 5.75 Å². The molecule has 200 valence electrons. The lowest BCUT2D eigenvalue weighted by Crippen LogP contribution is -2.47. The number of amides is 2. The zero-order chi connectivity index (χ0) is 27.1.